The molecule has 0 saturated heterocycles. The predicted molar refractivity (Wildman–Crippen MR) is 82.8 cm³/mol. The van der Waals surface area contributed by atoms with Gasteiger partial charge in [-0.3, -0.25) is 0 Å². The Hall–Kier alpha value is -0.120. The Bertz CT molecular complexity index is 327. The highest BCUT2D eigenvalue weighted by Gasteiger charge is 2.61. The topological polar surface area (TPSA) is 32.7 Å². The zero-order chi connectivity index (χ0) is 15.0. The lowest BCUT2D eigenvalue weighted by molar-refractivity contribution is -0.0789. The second kappa shape index (κ2) is 5.94. The van der Waals surface area contributed by atoms with Gasteiger partial charge in [0, 0.05) is 6.54 Å². The molecule has 4 unspecified atom stereocenters. The molecule has 118 valence electrons. The van der Waals surface area contributed by atoms with E-state index in [4.69, 9.17) is 4.74 Å². The number of rotatable bonds is 7. The molecule has 0 aromatic heterocycles. The minimum absolute atomic E-state index is 0.298. The SMILES string of the molecule is CCN(CC)CC(O)COC1CC2CCC1(C)C2(C)C. The van der Waals surface area contributed by atoms with Crippen LogP contribution in [-0.2, 0) is 4.74 Å². The maximum absolute atomic E-state index is 10.2. The molecule has 0 aromatic rings. The van der Waals surface area contributed by atoms with Gasteiger partial charge < -0.3 is 14.7 Å². The van der Waals surface area contributed by atoms with Gasteiger partial charge in [0.2, 0.25) is 0 Å². The lowest BCUT2D eigenvalue weighted by Crippen LogP contribution is -2.40. The van der Waals surface area contributed by atoms with Gasteiger partial charge in [-0.25, -0.2) is 0 Å². The van der Waals surface area contributed by atoms with Crippen LogP contribution in [0, 0.1) is 16.7 Å². The van der Waals surface area contributed by atoms with Crippen molar-refractivity contribution >= 4 is 0 Å². The summed E-state index contributed by atoms with van der Waals surface area (Å²) in [6.45, 7) is 14.7. The molecule has 20 heavy (non-hydrogen) atoms. The van der Waals surface area contributed by atoms with Crippen LogP contribution in [-0.4, -0.2) is 48.5 Å². The average Bonchev–Trinajstić information content (AvgIpc) is 2.75. The van der Waals surface area contributed by atoms with Crippen LogP contribution >= 0.6 is 0 Å². The molecule has 0 aliphatic heterocycles. The fourth-order valence-corrected chi connectivity index (χ4v) is 4.44. The second-order valence-corrected chi connectivity index (χ2v) is 7.57. The number of nitrogens with zero attached hydrogens (tertiary/aromatic N) is 1. The van der Waals surface area contributed by atoms with E-state index in [-0.39, 0.29) is 6.10 Å². The summed E-state index contributed by atoms with van der Waals surface area (Å²) in [4.78, 5) is 2.25. The summed E-state index contributed by atoms with van der Waals surface area (Å²) in [6.07, 6.45) is 3.79. The third kappa shape index (κ3) is 2.65. The highest BCUT2D eigenvalue weighted by atomic mass is 16.5. The minimum atomic E-state index is -0.360. The number of aliphatic hydroxyl groups is 1. The number of hydrogen-bond acceptors (Lipinski definition) is 3. The molecule has 2 fully saturated rings. The van der Waals surface area contributed by atoms with E-state index in [2.05, 4.69) is 39.5 Å². The normalized spacial score (nSPS) is 36.8. The van der Waals surface area contributed by atoms with Gasteiger partial charge in [-0.15, -0.1) is 0 Å². The van der Waals surface area contributed by atoms with Crippen molar-refractivity contribution in [3.05, 3.63) is 0 Å². The van der Waals surface area contributed by atoms with Crippen LogP contribution in [0.15, 0.2) is 0 Å². The van der Waals surface area contributed by atoms with Crippen molar-refractivity contribution in [2.75, 3.05) is 26.2 Å². The molecule has 0 spiro atoms. The number of fused-ring (bicyclic) bond motifs is 2. The number of likely N-dealkylation sites (N-methyl/N-ethyl adjacent to an activating group) is 1. The van der Waals surface area contributed by atoms with Crippen molar-refractivity contribution in [3.63, 3.8) is 0 Å². The predicted octanol–water partition coefficient (Wildman–Crippen LogP) is 2.92. The van der Waals surface area contributed by atoms with E-state index in [1.165, 1.54) is 19.3 Å². The largest absolute Gasteiger partial charge is 0.389 e. The van der Waals surface area contributed by atoms with Crippen LogP contribution in [0.1, 0.15) is 53.9 Å². The standard InChI is InChI=1S/C17H33NO2/c1-6-18(7-2)11-14(19)12-20-15-10-13-8-9-17(15,5)16(13,3)4/h13-15,19H,6-12H2,1-5H3. The monoisotopic (exact) mass is 283 g/mol. The Morgan fingerprint density at radius 2 is 1.90 bits per heavy atom. The Morgan fingerprint density at radius 1 is 1.25 bits per heavy atom. The third-order valence-electron chi connectivity index (χ3n) is 6.57. The number of hydrogen-bond donors (Lipinski definition) is 1. The molecule has 3 nitrogen and oxygen atoms in total. The van der Waals surface area contributed by atoms with Gasteiger partial charge in [-0.05, 0) is 49.1 Å². The summed E-state index contributed by atoms with van der Waals surface area (Å²) < 4.78 is 6.15. The summed E-state index contributed by atoms with van der Waals surface area (Å²) in [5, 5.41) is 10.2. The smallest absolute Gasteiger partial charge is 0.0900 e. The van der Waals surface area contributed by atoms with Gasteiger partial charge in [-0.1, -0.05) is 34.6 Å². The summed E-state index contributed by atoms with van der Waals surface area (Å²) in [6, 6.07) is 0. The van der Waals surface area contributed by atoms with E-state index < -0.39 is 0 Å². The lowest BCUT2D eigenvalue weighted by atomic mass is 9.70. The van der Waals surface area contributed by atoms with E-state index in [9.17, 15) is 5.11 Å². The molecule has 2 aliphatic rings. The van der Waals surface area contributed by atoms with Crippen LogP contribution < -0.4 is 0 Å². The van der Waals surface area contributed by atoms with Crippen molar-refractivity contribution < 1.29 is 9.84 Å². The summed E-state index contributed by atoms with van der Waals surface area (Å²) >= 11 is 0. The molecular formula is C17H33NO2. The molecule has 2 saturated carbocycles. The van der Waals surface area contributed by atoms with Crippen LogP contribution in [0.2, 0.25) is 0 Å². The van der Waals surface area contributed by atoms with Gasteiger partial charge in [0.1, 0.15) is 0 Å². The van der Waals surface area contributed by atoms with E-state index in [1.54, 1.807) is 0 Å². The molecule has 2 aliphatic carbocycles. The summed E-state index contributed by atoms with van der Waals surface area (Å²) in [5.74, 6) is 0.803. The molecule has 0 heterocycles. The van der Waals surface area contributed by atoms with Crippen LogP contribution in [0.4, 0.5) is 0 Å². The van der Waals surface area contributed by atoms with E-state index in [0.29, 0.717) is 23.5 Å². The zero-order valence-electron chi connectivity index (χ0n) is 14.0. The number of aliphatic hydroxyl groups excluding tert-OH is 1. The van der Waals surface area contributed by atoms with Crippen molar-refractivity contribution in [1.29, 1.82) is 0 Å². The highest BCUT2D eigenvalue weighted by Crippen LogP contribution is 2.66. The maximum atomic E-state index is 10.2. The van der Waals surface area contributed by atoms with E-state index in [1.807, 2.05) is 0 Å². The van der Waals surface area contributed by atoms with Crippen LogP contribution in [0.5, 0.6) is 0 Å². The van der Waals surface area contributed by atoms with Crippen LogP contribution in [0.25, 0.3) is 0 Å². The van der Waals surface area contributed by atoms with E-state index >= 15 is 0 Å². The van der Waals surface area contributed by atoms with Gasteiger partial charge in [0.25, 0.3) is 0 Å². The van der Waals surface area contributed by atoms with Crippen molar-refractivity contribution in [2.24, 2.45) is 16.7 Å². The van der Waals surface area contributed by atoms with Crippen LogP contribution in [0.3, 0.4) is 0 Å². The molecule has 2 rings (SSSR count). The van der Waals surface area contributed by atoms with Crippen molar-refractivity contribution in [1.82, 2.24) is 4.90 Å². The second-order valence-electron chi connectivity index (χ2n) is 7.57. The first kappa shape index (κ1) is 16.3. The molecule has 0 amide bonds. The first-order valence-corrected chi connectivity index (χ1v) is 8.37. The first-order chi connectivity index (χ1) is 9.35. The Morgan fingerprint density at radius 3 is 2.35 bits per heavy atom. The fraction of sp³-hybridized carbons (Fsp3) is 1.00. The zero-order valence-corrected chi connectivity index (χ0v) is 14.0. The molecular weight excluding hydrogens is 250 g/mol. The highest BCUT2D eigenvalue weighted by molar-refractivity contribution is 5.11. The molecule has 3 heteroatoms. The van der Waals surface area contributed by atoms with Crippen molar-refractivity contribution in [3.8, 4) is 0 Å². The van der Waals surface area contributed by atoms with Gasteiger partial charge in [-0.2, -0.15) is 0 Å². The molecule has 0 aromatic carbocycles. The molecule has 1 N–H and O–H groups in total. The third-order valence-corrected chi connectivity index (χ3v) is 6.57. The lowest BCUT2D eigenvalue weighted by Gasteiger charge is -2.39. The summed E-state index contributed by atoms with van der Waals surface area (Å²) in [5.41, 5.74) is 0.689. The maximum Gasteiger partial charge on any atom is 0.0900 e. The first-order valence-electron chi connectivity index (χ1n) is 8.37. The number of ether oxygens (including phenoxy) is 1. The van der Waals surface area contributed by atoms with Crippen molar-refractivity contribution in [2.45, 2.75) is 66.1 Å². The quantitative estimate of drug-likeness (QED) is 0.780. The van der Waals surface area contributed by atoms with Gasteiger partial charge in [0.05, 0.1) is 18.8 Å². The Labute approximate surface area is 124 Å². The molecule has 4 atom stereocenters. The Kier molecular flexibility index (Phi) is 4.83. The fourth-order valence-electron chi connectivity index (χ4n) is 4.44. The Balaban J connectivity index is 1.84. The molecule has 2 bridgehead atoms. The van der Waals surface area contributed by atoms with E-state index in [0.717, 1.165) is 25.6 Å². The summed E-state index contributed by atoms with van der Waals surface area (Å²) in [7, 11) is 0. The van der Waals surface area contributed by atoms with Gasteiger partial charge in [0.15, 0.2) is 0 Å². The molecule has 0 radical (unpaired) electrons. The minimum Gasteiger partial charge on any atom is -0.389 e. The average molecular weight is 283 g/mol. The van der Waals surface area contributed by atoms with Gasteiger partial charge >= 0.3 is 0 Å².